The molecule has 2 aliphatic rings. The molecule has 1 aliphatic heterocycles. The van der Waals surface area contributed by atoms with Crippen LogP contribution in [0.25, 0.3) is 0 Å². The van der Waals surface area contributed by atoms with Crippen LogP contribution < -0.4 is 0 Å². The first-order valence-corrected chi connectivity index (χ1v) is 6.68. The standard InChI is InChI=1S/C14H24O2/c1-11(2)13-5-3-4-12(10-13)6-7-14-15-8-9-16-14/h10-11,13-14H,3-9H2,1-2H3. The van der Waals surface area contributed by atoms with E-state index in [1.807, 2.05) is 0 Å². The summed E-state index contributed by atoms with van der Waals surface area (Å²) in [5.41, 5.74) is 1.63. The molecule has 0 bridgehead atoms. The number of allylic oxidation sites excluding steroid dienone is 2. The summed E-state index contributed by atoms with van der Waals surface area (Å²) >= 11 is 0. The van der Waals surface area contributed by atoms with Crippen molar-refractivity contribution >= 4 is 0 Å². The number of hydrogen-bond donors (Lipinski definition) is 0. The van der Waals surface area contributed by atoms with Gasteiger partial charge in [0.2, 0.25) is 0 Å². The van der Waals surface area contributed by atoms with Crippen LogP contribution >= 0.6 is 0 Å². The van der Waals surface area contributed by atoms with Crippen molar-refractivity contribution in [2.45, 2.75) is 52.2 Å². The maximum Gasteiger partial charge on any atom is 0.158 e. The van der Waals surface area contributed by atoms with E-state index in [1.54, 1.807) is 5.57 Å². The summed E-state index contributed by atoms with van der Waals surface area (Å²) in [6.07, 6.45) is 8.81. The fourth-order valence-corrected chi connectivity index (χ4v) is 2.65. The molecular weight excluding hydrogens is 200 g/mol. The Labute approximate surface area is 99.0 Å². The molecule has 0 amide bonds. The molecule has 2 rings (SSSR count). The maximum absolute atomic E-state index is 5.47. The smallest absolute Gasteiger partial charge is 0.158 e. The Balaban J connectivity index is 1.79. The Morgan fingerprint density at radius 2 is 2.06 bits per heavy atom. The third-order valence-corrected chi connectivity index (χ3v) is 3.73. The van der Waals surface area contributed by atoms with Crippen LogP contribution in [0.15, 0.2) is 11.6 Å². The van der Waals surface area contributed by atoms with E-state index in [1.165, 1.54) is 19.3 Å². The zero-order valence-electron chi connectivity index (χ0n) is 10.6. The summed E-state index contributed by atoms with van der Waals surface area (Å²) in [6.45, 7) is 6.21. The molecule has 0 aromatic carbocycles. The molecule has 0 aromatic heterocycles. The van der Waals surface area contributed by atoms with Crippen LogP contribution in [0.3, 0.4) is 0 Å². The SMILES string of the molecule is CC(C)C1C=C(CCC2OCCO2)CCC1. The first-order valence-electron chi connectivity index (χ1n) is 6.68. The summed E-state index contributed by atoms with van der Waals surface area (Å²) in [5.74, 6) is 1.59. The molecule has 16 heavy (non-hydrogen) atoms. The van der Waals surface area contributed by atoms with Crippen molar-refractivity contribution in [1.82, 2.24) is 0 Å². The van der Waals surface area contributed by atoms with Crippen molar-refractivity contribution in [3.8, 4) is 0 Å². The summed E-state index contributed by atoms with van der Waals surface area (Å²) in [4.78, 5) is 0. The van der Waals surface area contributed by atoms with E-state index < -0.39 is 0 Å². The van der Waals surface area contributed by atoms with Crippen LogP contribution in [0.5, 0.6) is 0 Å². The van der Waals surface area contributed by atoms with E-state index in [-0.39, 0.29) is 6.29 Å². The Morgan fingerprint density at radius 3 is 2.75 bits per heavy atom. The normalized spacial score (nSPS) is 27.4. The highest BCUT2D eigenvalue weighted by atomic mass is 16.7. The number of rotatable bonds is 4. The van der Waals surface area contributed by atoms with E-state index >= 15 is 0 Å². The highest BCUT2D eigenvalue weighted by Gasteiger charge is 2.19. The van der Waals surface area contributed by atoms with Gasteiger partial charge in [-0.25, -0.2) is 0 Å². The monoisotopic (exact) mass is 224 g/mol. The molecule has 1 fully saturated rings. The molecule has 1 heterocycles. The van der Waals surface area contributed by atoms with Gasteiger partial charge in [-0.05, 0) is 37.5 Å². The van der Waals surface area contributed by atoms with Crippen molar-refractivity contribution in [3.63, 3.8) is 0 Å². The molecule has 0 aromatic rings. The predicted octanol–water partition coefficient (Wildman–Crippen LogP) is 3.52. The Hall–Kier alpha value is -0.340. The van der Waals surface area contributed by atoms with E-state index in [0.717, 1.165) is 37.9 Å². The van der Waals surface area contributed by atoms with E-state index in [2.05, 4.69) is 19.9 Å². The lowest BCUT2D eigenvalue weighted by atomic mass is 9.82. The van der Waals surface area contributed by atoms with Gasteiger partial charge in [0, 0.05) is 6.42 Å². The third-order valence-electron chi connectivity index (χ3n) is 3.73. The molecule has 92 valence electrons. The van der Waals surface area contributed by atoms with Crippen molar-refractivity contribution in [2.24, 2.45) is 11.8 Å². The summed E-state index contributed by atoms with van der Waals surface area (Å²) < 4.78 is 10.9. The minimum absolute atomic E-state index is 0.0697. The molecule has 0 N–H and O–H groups in total. The van der Waals surface area contributed by atoms with Gasteiger partial charge in [-0.3, -0.25) is 0 Å². The lowest BCUT2D eigenvalue weighted by molar-refractivity contribution is -0.0463. The first-order chi connectivity index (χ1) is 7.75. The van der Waals surface area contributed by atoms with Crippen LogP contribution in [0.4, 0.5) is 0 Å². The molecule has 0 spiro atoms. The zero-order chi connectivity index (χ0) is 11.4. The average Bonchev–Trinajstić information content (AvgIpc) is 2.79. The highest BCUT2D eigenvalue weighted by molar-refractivity contribution is 5.08. The van der Waals surface area contributed by atoms with Crippen LogP contribution in [-0.4, -0.2) is 19.5 Å². The summed E-state index contributed by atoms with van der Waals surface area (Å²) in [7, 11) is 0. The van der Waals surface area contributed by atoms with Crippen LogP contribution in [0.1, 0.15) is 46.0 Å². The Bertz CT molecular complexity index is 239. The molecule has 0 radical (unpaired) electrons. The van der Waals surface area contributed by atoms with Crippen molar-refractivity contribution in [3.05, 3.63) is 11.6 Å². The fraction of sp³-hybridized carbons (Fsp3) is 0.857. The van der Waals surface area contributed by atoms with Gasteiger partial charge in [-0.1, -0.05) is 25.5 Å². The predicted molar refractivity (Wildman–Crippen MR) is 65.2 cm³/mol. The van der Waals surface area contributed by atoms with E-state index in [4.69, 9.17) is 9.47 Å². The molecule has 0 saturated carbocycles. The minimum Gasteiger partial charge on any atom is -0.350 e. The van der Waals surface area contributed by atoms with Gasteiger partial charge in [-0.2, -0.15) is 0 Å². The minimum atomic E-state index is 0.0697. The van der Waals surface area contributed by atoms with Gasteiger partial charge in [-0.15, -0.1) is 0 Å². The molecule has 2 nitrogen and oxygen atoms in total. The van der Waals surface area contributed by atoms with Gasteiger partial charge >= 0.3 is 0 Å². The average molecular weight is 224 g/mol. The summed E-state index contributed by atoms with van der Waals surface area (Å²) in [5, 5.41) is 0. The topological polar surface area (TPSA) is 18.5 Å². The van der Waals surface area contributed by atoms with Crippen molar-refractivity contribution in [1.29, 1.82) is 0 Å². The van der Waals surface area contributed by atoms with E-state index in [0.29, 0.717) is 0 Å². The van der Waals surface area contributed by atoms with Gasteiger partial charge in [0.15, 0.2) is 6.29 Å². The maximum atomic E-state index is 5.47. The van der Waals surface area contributed by atoms with Crippen molar-refractivity contribution in [2.75, 3.05) is 13.2 Å². The van der Waals surface area contributed by atoms with Crippen LogP contribution in [-0.2, 0) is 9.47 Å². The first kappa shape index (κ1) is 12.1. The zero-order valence-corrected chi connectivity index (χ0v) is 10.6. The van der Waals surface area contributed by atoms with Gasteiger partial charge in [0.1, 0.15) is 0 Å². The van der Waals surface area contributed by atoms with Gasteiger partial charge in [0.05, 0.1) is 13.2 Å². The second-order valence-electron chi connectivity index (χ2n) is 5.33. The largest absolute Gasteiger partial charge is 0.350 e. The molecular formula is C14H24O2. The van der Waals surface area contributed by atoms with Crippen LogP contribution in [0.2, 0.25) is 0 Å². The van der Waals surface area contributed by atoms with Gasteiger partial charge in [0.25, 0.3) is 0 Å². The summed E-state index contributed by atoms with van der Waals surface area (Å²) in [6, 6.07) is 0. The Morgan fingerprint density at radius 1 is 1.31 bits per heavy atom. The third kappa shape index (κ3) is 3.33. The van der Waals surface area contributed by atoms with Gasteiger partial charge < -0.3 is 9.47 Å². The van der Waals surface area contributed by atoms with E-state index in [9.17, 15) is 0 Å². The lowest BCUT2D eigenvalue weighted by Gasteiger charge is -2.24. The fourth-order valence-electron chi connectivity index (χ4n) is 2.65. The number of ether oxygens (including phenoxy) is 2. The van der Waals surface area contributed by atoms with Crippen LogP contribution in [0, 0.1) is 11.8 Å². The Kier molecular flexibility index (Phi) is 4.42. The molecule has 1 aliphatic carbocycles. The second-order valence-corrected chi connectivity index (χ2v) is 5.33. The lowest BCUT2D eigenvalue weighted by Crippen LogP contribution is -2.13. The molecule has 1 saturated heterocycles. The molecule has 2 heteroatoms. The molecule has 1 atom stereocenters. The second kappa shape index (κ2) is 5.83. The highest BCUT2D eigenvalue weighted by Crippen LogP contribution is 2.30. The molecule has 1 unspecified atom stereocenters. The van der Waals surface area contributed by atoms with Crippen molar-refractivity contribution < 1.29 is 9.47 Å². The number of hydrogen-bond acceptors (Lipinski definition) is 2. The quantitative estimate of drug-likeness (QED) is 0.680.